The molecule has 0 spiro atoms. The van der Waals surface area contributed by atoms with Crippen molar-refractivity contribution in [3.63, 3.8) is 0 Å². The molecule has 152 valence electrons. The van der Waals surface area contributed by atoms with Gasteiger partial charge in [0, 0.05) is 29.6 Å². The van der Waals surface area contributed by atoms with Crippen molar-refractivity contribution >= 4 is 17.6 Å². The van der Waals surface area contributed by atoms with E-state index in [0.717, 1.165) is 18.4 Å². The van der Waals surface area contributed by atoms with Gasteiger partial charge in [-0.1, -0.05) is 6.07 Å². The van der Waals surface area contributed by atoms with Crippen molar-refractivity contribution in [1.82, 2.24) is 29.5 Å². The lowest BCUT2D eigenvalue weighted by Gasteiger charge is -2.15. The first kappa shape index (κ1) is 17.7. The van der Waals surface area contributed by atoms with Gasteiger partial charge in [0.15, 0.2) is 5.82 Å². The zero-order chi connectivity index (χ0) is 20.9. The van der Waals surface area contributed by atoms with E-state index >= 15 is 0 Å². The van der Waals surface area contributed by atoms with Gasteiger partial charge in [-0.25, -0.2) is 9.67 Å². The first-order chi connectivity index (χ1) is 15.2. The van der Waals surface area contributed by atoms with Gasteiger partial charge in [0.25, 0.3) is 11.8 Å². The zero-order valence-electron chi connectivity index (χ0n) is 16.4. The van der Waals surface area contributed by atoms with Crippen molar-refractivity contribution in [2.45, 2.75) is 25.4 Å². The SMILES string of the molecule is O=C1c2ccc(C(=O)n3cccn3)cc2CN1c1cccc(-c2nncn2C2CC2)n1. The Morgan fingerprint density at radius 1 is 1.10 bits per heavy atom. The number of amides is 1. The summed E-state index contributed by atoms with van der Waals surface area (Å²) >= 11 is 0. The lowest BCUT2D eigenvalue weighted by molar-refractivity contribution is 0.0943. The van der Waals surface area contributed by atoms with Gasteiger partial charge in [-0.2, -0.15) is 5.10 Å². The number of anilines is 1. The van der Waals surface area contributed by atoms with Crippen LogP contribution in [0.2, 0.25) is 0 Å². The predicted molar refractivity (Wildman–Crippen MR) is 110 cm³/mol. The molecule has 2 aliphatic rings. The second-order valence-corrected chi connectivity index (χ2v) is 7.69. The number of pyridine rings is 1. The highest BCUT2D eigenvalue weighted by Gasteiger charge is 2.31. The van der Waals surface area contributed by atoms with E-state index in [2.05, 4.69) is 15.3 Å². The minimum atomic E-state index is -0.238. The lowest BCUT2D eigenvalue weighted by atomic mass is 10.1. The van der Waals surface area contributed by atoms with Crippen LogP contribution in [-0.2, 0) is 6.54 Å². The van der Waals surface area contributed by atoms with Crippen LogP contribution < -0.4 is 4.90 Å². The molecule has 3 aromatic heterocycles. The summed E-state index contributed by atoms with van der Waals surface area (Å²) in [6.45, 7) is 0.347. The maximum absolute atomic E-state index is 13.0. The molecule has 1 aliphatic heterocycles. The first-order valence-corrected chi connectivity index (χ1v) is 10.0. The van der Waals surface area contributed by atoms with E-state index in [4.69, 9.17) is 4.98 Å². The zero-order valence-corrected chi connectivity index (χ0v) is 16.4. The van der Waals surface area contributed by atoms with Crippen LogP contribution in [0.25, 0.3) is 11.5 Å². The molecule has 0 radical (unpaired) electrons. The molecule has 1 aliphatic carbocycles. The maximum Gasteiger partial charge on any atom is 0.278 e. The van der Waals surface area contributed by atoms with Crippen LogP contribution in [0.3, 0.4) is 0 Å². The third-order valence-electron chi connectivity index (χ3n) is 5.62. The van der Waals surface area contributed by atoms with Crippen LogP contribution in [0.1, 0.15) is 45.2 Å². The fourth-order valence-electron chi connectivity index (χ4n) is 3.90. The number of fused-ring (bicyclic) bond motifs is 1. The topological polar surface area (TPSA) is 98.8 Å². The highest BCUT2D eigenvalue weighted by molar-refractivity contribution is 6.10. The third kappa shape index (κ3) is 2.93. The number of benzene rings is 1. The average molecular weight is 411 g/mol. The van der Waals surface area contributed by atoms with E-state index in [1.807, 2.05) is 16.7 Å². The minimum Gasteiger partial charge on any atom is -0.309 e. The third-order valence-corrected chi connectivity index (χ3v) is 5.62. The molecule has 1 aromatic carbocycles. The number of hydrogen-bond acceptors (Lipinski definition) is 6. The number of aromatic nitrogens is 6. The van der Waals surface area contributed by atoms with Crippen LogP contribution in [0, 0.1) is 0 Å². The van der Waals surface area contributed by atoms with Gasteiger partial charge in [-0.3, -0.25) is 14.5 Å². The van der Waals surface area contributed by atoms with Gasteiger partial charge in [0.2, 0.25) is 0 Å². The fourth-order valence-corrected chi connectivity index (χ4v) is 3.90. The molecule has 6 rings (SSSR count). The summed E-state index contributed by atoms with van der Waals surface area (Å²) in [6, 6.07) is 12.8. The fraction of sp³-hybridized carbons (Fsp3) is 0.182. The van der Waals surface area contributed by atoms with Crippen molar-refractivity contribution in [3.8, 4) is 11.5 Å². The van der Waals surface area contributed by atoms with Crippen molar-refractivity contribution in [1.29, 1.82) is 0 Å². The largest absolute Gasteiger partial charge is 0.309 e. The molecular weight excluding hydrogens is 394 g/mol. The summed E-state index contributed by atoms with van der Waals surface area (Å²) in [5.74, 6) is 0.879. The molecule has 0 saturated heterocycles. The van der Waals surface area contributed by atoms with E-state index in [9.17, 15) is 9.59 Å². The van der Waals surface area contributed by atoms with Gasteiger partial charge in [0.05, 0.1) is 6.54 Å². The summed E-state index contributed by atoms with van der Waals surface area (Å²) in [5, 5.41) is 12.3. The molecule has 0 atom stereocenters. The van der Waals surface area contributed by atoms with Crippen LogP contribution in [-0.4, -0.2) is 41.3 Å². The summed E-state index contributed by atoms with van der Waals surface area (Å²) in [4.78, 5) is 31.9. The Kier molecular flexibility index (Phi) is 3.82. The highest BCUT2D eigenvalue weighted by atomic mass is 16.2. The van der Waals surface area contributed by atoms with Crippen molar-refractivity contribution < 1.29 is 9.59 Å². The number of carbonyl (C=O) groups is 2. The molecule has 0 bridgehead atoms. The minimum absolute atomic E-state index is 0.138. The van der Waals surface area contributed by atoms with Crippen molar-refractivity contribution in [3.05, 3.63) is 77.9 Å². The molecule has 9 heteroatoms. The van der Waals surface area contributed by atoms with Crippen LogP contribution in [0.5, 0.6) is 0 Å². The Bertz CT molecular complexity index is 1320. The lowest BCUT2D eigenvalue weighted by Crippen LogP contribution is -2.24. The number of hydrogen-bond donors (Lipinski definition) is 0. The molecular formula is C22H17N7O2. The molecule has 1 fully saturated rings. The average Bonchev–Trinajstić information content (AvgIpc) is 3.20. The Hall–Kier alpha value is -4.14. The standard InChI is InChI=1S/C22H17N7O2/c30-21(29-10-2-9-24-29)14-5-8-17-15(11-14)12-27(22(17)31)19-4-1-3-18(25-19)20-26-23-13-28(20)16-6-7-16/h1-5,8-11,13,16H,6-7,12H2. The molecule has 0 N–H and O–H groups in total. The number of rotatable bonds is 4. The summed E-state index contributed by atoms with van der Waals surface area (Å²) in [5.41, 5.74) is 2.53. The molecule has 0 unspecified atom stereocenters. The van der Waals surface area contributed by atoms with Gasteiger partial charge < -0.3 is 4.57 Å². The predicted octanol–water partition coefficient (Wildman–Crippen LogP) is 2.72. The Balaban J connectivity index is 1.31. The van der Waals surface area contributed by atoms with Crippen molar-refractivity contribution in [2.75, 3.05) is 4.90 Å². The monoisotopic (exact) mass is 411 g/mol. The molecule has 9 nitrogen and oxygen atoms in total. The van der Waals surface area contributed by atoms with E-state index in [1.54, 1.807) is 54.0 Å². The second kappa shape index (κ2) is 6.69. The van der Waals surface area contributed by atoms with Crippen LogP contribution >= 0.6 is 0 Å². The van der Waals surface area contributed by atoms with Crippen LogP contribution in [0.4, 0.5) is 5.82 Å². The molecule has 31 heavy (non-hydrogen) atoms. The normalized spacial score (nSPS) is 15.4. The summed E-state index contributed by atoms with van der Waals surface area (Å²) in [6.07, 6.45) is 7.12. The highest BCUT2D eigenvalue weighted by Crippen LogP contribution is 2.37. The van der Waals surface area contributed by atoms with E-state index in [1.165, 1.54) is 4.68 Å². The number of carbonyl (C=O) groups excluding carboxylic acids is 2. The Morgan fingerprint density at radius 3 is 2.81 bits per heavy atom. The Morgan fingerprint density at radius 2 is 2.00 bits per heavy atom. The van der Waals surface area contributed by atoms with Gasteiger partial charge in [-0.15, -0.1) is 10.2 Å². The molecule has 1 saturated carbocycles. The number of nitrogens with zero attached hydrogens (tertiary/aromatic N) is 7. The molecule has 4 aromatic rings. The van der Waals surface area contributed by atoms with Crippen molar-refractivity contribution in [2.24, 2.45) is 0 Å². The van der Waals surface area contributed by atoms with Gasteiger partial charge >= 0.3 is 0 Å². The quantitative estimate of drug-likeness (QED) is 0.512. The van der Waals surface area contributed by atoms with Crippen LogP contribution in [0.15, 0.2) is 61.2 Å². The maximum atomic E-state index is 13.0. The van der Waals surface area contributed by atoms with E-state index in [0.29, 0.717) is 41.0 Å². The Labute approximate surface area is 177 Å². The molecule has 4 heterocycles. The van der Waals surface area contributed by atoms with E-state index in [-0.39, 0.29) is 11.8 Å². The first-order valence-electron chi connectivity index (χ1n) is 10.0. The second-order valence-electron chi connectivity index (χ2n) is 7.69. The van der Waals surface area contributed by atoms with Gasteiger partial charge in [-0.05, 0) is 54.8 Å². The van der Waals surface area contributed by atoms with E-state index < -0.39 is 0 Å². The molecule has 1 amide bonds. The summed E-state index contributed by atoms with van der Waals surface area (Å²) in [7, 11) is 0. The smallest absolute Gasteiger partial charge is 0.278 e. The van der Waals surface area contributed by atoms with Gasteiger partial charge in [0.1, 0.15) is 17.8 Å². The summed E-state index contributed by atoms with van der Waals surface area (Å²) < 4.78 is 3.32.